The first-order valence-corrected chi connectivity index (χ1v) is 5.77. The van der Waals surface area contributed by atoms with Crippen LogP contribution in [-0.2, 0) is 4.79 Å². The Labute approximate surface area is 97.4 Å². The summed E-state index contributed by atoms with van der Waals surface area (Å²) < 4.78 is 1.01. The highest BCUT2D eigenvalue weighted by Gasteiger charge is 2.24. The number of amides is 1. The van der Waals surface area contributed by atoms with E-state index in [1.54, 1.807) is 4.90 Å². The van der Waals surface area contributed by atoms with Gasteiger partial charge in [-0.3, -0.25) is 4.79 Å². The van der Waals surface area contributed by atoms with Gasteiger partial charge in [-0.25, -0.2) is 0 Å². The van der Waals surface area contributed by atoms with Gasteiger partial charge in [-0.2, -0.15) is 0 Å². The average Bonchev–Trinajstić information content (AvgIpc) is 2.23. The smallest absolute Gasteiger partial charge is 0.227 e. The number of carbonyl (C=O) groups excluding carboxylic acids is 1. The predicted octanol–water partition coefficient (Wildman–Crippen LogP) is 1.90. The summed E-state index contributed by atoms with van der Waals surface area (Å²) in [6, 6.07) is 7.83. The molecule has 1 heterocycles. The molecular weight excluding hydrogens is 256 g/mol. The minimum absolute atomic E-state index is 0.103. The van der Waals surface area contributed by atoms with Crippen LogP contribution in [0.2, 0.25) is 0 Å². The first-order valence-electron chi connectivity index (χ1n) is 4.98. The van der Waals surface area contributed by atoms with E-state index < -0.39 is 0 Å². The molecular formula is C11H13BrN2O. The molecule has 1 atom stereocenters. The Hall–Kier alpha value is -0.870. The number of hydrogen-bond donors (Lipinski definition) is 1. The number of piperidine rings is 1. The number of benzene rings is 1. The summed E-state index contributed by atoms with van der Waals surface area (Å²) in [5, 5.41) is 0. The van der Waals surface area contributed by atoms with Crippen molar-refractivity contribution < 1.29 is 4.79 Å². The standard InChI is InChI=1S/C11H13BrN2O/c12-8-1-4-10(5-2-8)14-7-9(13)3-6-11(14)15/h1-2,4-5,9H,3,6-7,13H2. The topological polar surface area (TPSA) is 46.3 Å². The summed E-state index contributed by atoms with van der Waals surface area (Å²) >= 11 is 3.37. The van der Waals surface area contributed by atoms with E-state index in [1.807, 2.05) is 24.3 Å². The average molecular weight is 269 g/mol. The van der Waals surface area contributed by atoms with Crippen molar-refractivity contribution in [1.29, 1.82) is 0 Å². The summed E-state index contributed by atoms with van der Waals surface area (Å²) in [6.45, 7) is 0.625. The molecule has 1 saturated heterocycles. The SMILES string of the molecule is NC1CCC(=O)N(c2ccc(Br)cc2)C1. The largest absolute Gasteiger partial charge is 0.326 e. The van der Waals surface area contributed by atoms with Crippen LogP contribution in [-0.4, -0.2) is 18.5 Å². The molecule has 1 aliphatic heterocycles. The van der Waals surface area contributed by atoms with Crippen LogP contribution in [0.15, 0.2) is 28.7 Å². The molecule has 0 radical (unpaired) electrons. The number of carbonyl (C=O) groups is 1. The molecule has 1 aromatic rings. The van der Waals surface area contributed by atoms with E-state index in [-0.39, 0.29) is 11.9 Å². The Morgan fingerprint density at radius 1 is 1.33 bits per heavy atom. The van der Waals surface area contributed by atoms with Gasteiger partial charge >= 0.3 is 0 Å². The molecule has 0 aliphatic carbocycles. The molecule has 1 aromatic carbocycles. The summed E-state index contributed by atoms with van der Waals surface area (Å²) in [7, 11) is 0. The lowest BCUT2D eigenvalue weighted by atomic mass is 10.1. The molecule has 0 aromatic heterocycles. The minimum atomic E-state index is 0.103. The summed E-state index contributed by atoms with van der Waals surface area (Å²) in [5.74, 6) is 0.166. The third-order valence-electron chi connectivity index (χ3n) is 2.59. The monoisotopic (exact) mass is 268 g/mol. The number of halogens is 1. The van der Waals surface area contributed by atoms with Crippen LogP contribution in [0.5, 0.6) is 0 Å². The number of nitrogens with zero attached hydrogens (tertiary/aromatic N) is 1. The Balaban J connectivity index is 2.21. The zero-order valence-electron chi connectivity index (χ0n) is 8.32. The van der Waals surface area contributed by atoms with Crippen molar-refractivity contribution in [2.45, 2.75) is 18.9 Å². The molecule has 1 aliphatic rings. The molecule has 1 fully saturated rings. The van der Waals surface area contributed by atoms with E-state index >= 15 is 0 Å². The van der Waals surface area contributed by atoms with E-state index in [4.69, 9.17) is 5.73 Å². The van der Waals surface area contributed by atoms with Crippen molar-refractivity contribution in [3.63, 3.8) is 0 Å². The second kappa shape index (κ2) is 4.33. The van der Waals surface area contributed by atoms with Gasteiger partial charge in [-0.1, -0.05) is 15.9 Å². The molecule has 15 heavy (non-hydrogen) atoms. The zero-order chi connectivity index (χ0) is 10.8. The van der Waals surface area contributed by atoms with Gasteiger partial charge in [0.1, 0.15) is 0 Å². The van der Waals surface area contributed by atoms with Crippen LogP contribution >= 0.6 is 15.9 Å². The minimum Gasteiger partial charge on any atom is -0.326 e. The van der Waals surface area contributed by atoms with Crippen molar-refractivity contribution in [2.24, 2.45) is 5.73 Å². The van der Waals surface area contributed by atoms with E-state index in [0.29, 0.717) is 13.0 Å². The van der Waals surface area contributed by atoms with Crippen LogP contribution < -0.4 is 10.6 Å². The lowest BCUT2D eigenvalue weighted by Gasteiger charge is -2.30. The molecule has 4 heteroatoms. The molecule has 3 nitrogen and oxygen atoms in total. The zero-order valence-corrected chi connectivity index (χ0v) is 9.90. The lowest BCUT2D eigenvalue weighted by Crippen LogP contribution is -2.46. The number of anilines is 1. The van der Waals surface area contributed by atoms with E-state index in [1.165, 1.54) is 0 Å². The molecule has 0 bridgehead atoms. The van der Waals surface area contributed by atoms with E-state index in [2.05, 4.69) is 15.9 Å². The highest BCUT2D eigenvalue weighted by molar-refractivity contribution is 9.10. The summed E-state index contributed by atoms with van der Waals surface area (Å²) in [5.41, 5.74) is 6.78. The van der Waals surface area contributed by atoms with Gasteiger partial charge in [-0.05, 0) is 30.7 Å². The van der Waals surface area contributed by atoms with Gasteiger partial charge < -0.3 is 10.6 Å². The van der Waals surface area contributed by atoms with Crippen LogP contribution in [0, 0.1) is 0 Å². The fraction of sp³-hybridized carbons (Fsp3) is 0.364. The maximum absolute atomic E-state index is 11.7. The summed E-state index contributed by atoms with van der Waals surface area (Å²) in [6.07, 6.45) is 1.35. The second-order valence-electron chi connectivity index (χ2n) is 3.78. The quantitative estimate of drug-likeness (QED) is 0.846. The van der Waals surface area contributed by atoms with Crippen molar-refractivity contribution in [2.75, 3.05) is 11.4 Å². The maximum atomic E-state index is 11.7. The Morgan fingerprint density at radius 2 is 2.00 bits per heavy atom. The first-order chi connectivity index (χ1) is 7.16. The number of nitrogens with two attached hydrogens (primary N) is 1. The van der Waals surface area contributed by atoms with Crippen LogP contribution in [0.1, 0.15) is 12.8 Å². The molecule has 0 spiro atoms. The fourth-order valence-corrected chi connectivity index (χ4v) is 2.01. The first kappa shape index (κ1) is 10.6. The van der Waals surface area contributed by atoms with E-state index in [0.717, 1.165) is 16.6 Å². The predicted molar refractivity (Wildman–Crippen MR) is 63.7 cm³/mol. The summed E-state index contributed by atoms with van der Waals surface area (Å²) in [4.78, 5) is 13.4. The fourth-order valence-electron chi connectivity index (χ4n) is 1.74. The molecule has 1 amide bonds. The highest BCUT2D eigenvalue weighted by Crippen LogP contribution is 2.22. The van der Waals surface area contributed by atoms with Crippen molar-refractivity contribution in [3.8, 4) is 0 Å². The normalized spacial score (nSPS) is 21.9. The second-order valence-corrected chi connectivity index (χ2v) is 4.70. The van der Waals surface area contributed by atoms with Gasteiger partial charge in [0.25, 0.3) is 0 Å². The molecule has 2 rings (SSSR count). The number of rotatable bonds is 1. The van der Waals surface area contributed by atoms with Gasteiger partial charge in [0.2, 0.25) is 5.91 Å². The third-order valence-corrected chi connectivity index (χ3v) is 3.11. The van der Waals surface area contributed by atoms with Crippen molar-refractivity contribution >= 4 is 27.5 Å². The third kappa shape index (κ3) is 2.38. The van der Waals surface area contributed by atoms with Crippen molar-refractivity contribution in [3.05, 3.63) is 28.7 Å². The Bertz CT molecular complexity index is 363. The molecule has 80 valence electrons. The van der Waals surface area contributed by atoms with E-state index in [9.17, 15) is 4.79 Å². The molecule has 0 saturated carbocycles. The molecule has 2 N–H and O–H groups in total. The van der Waals surface area contributed by atoms with Gasteiger partial charge in [0.05, 0.1) is 0 Å². The Morgan fingerprint density at radius 3 is 2.67 bits per heavy atom. The van der Waals surface area contributed by atoms with Gasteiger partial charge in [0, 0.05) is 29.2 Å². The van der Waals surface area contributed by atoms with Gasteiger partial charge in [-0.15, -0.1) is 0 Å². The van der Waals surface area contributed by atoms with Crippen molar-refractivity contribution in [1.82, 2.24) is 0 Å². The van der Waals surface area contributed by atoms with Crippen LogP contribution in [0.3, 0.4) is 0 Å². The maximum Gasteiger partial charge on any atom is 0.227 e. The lowest BCUT2D eigenvalue weighted by molar-refractivity contribution is -0.119. The van der Waals surface area contributed by atoms with Crippen LogP contribution in [0.4, 0.5) is 5.69 Å². The Kier molecular flexibility index (Phi) is 3.07. The highest BCUT2D eigenvalue weighted by atomic mass is 79.9. The number of hydrogen-bond acceptors (Lipinski definition) is 2. The van der Waals surface area contributed by atoms with Crippen LogP contribution in [0.25, 0.3) is 0 Å². The van der Waals surface area contributed by atoms with Gasteiger partial charge in [0.15, 0.2) is 0 Å². The molecule has 1 unspecified atom stereocenters.